The SMILES string of the molecule is Nc1oc2c(-c3ccc(Cl)cc3)nccc2c1Nc1ccc(F)c(Cl)c1. The maximum Gasteiger partial charge on any atom is 0.215 e. The van der Waals surface area contributed by atoms with Crippen LogP contribution in [0.25, 0.3) is 22.2 Å². The van der Waals surface area contributed by atoms with E-state index in [-0.39, 0.29) is 10.9 Å². The van der Waals surface area contributed by atoms with Gasteiger partial charge in [0.2, 0.25) is 5.88 Å². The normalized spacial score (nSPS) is 11.0. The zero-order chi connectivity index (χ0) is 18.3. The number of halogens is 3. The summed E-state index contributed by atoms with van der Waals surface area (Å²) in [7, 11) is 0. The van der Waals surface area contributed by atoms with Gasteiger partial charge in [-0.3, -0.25) is 4.98 Å². The third kappa shape index (κ3) is 2.96. The van der Waals surface area contributed by atoms with Gasteiger partial charge in [0, 0.05) is 22.5 Å². The van der Waals surface area contributed by atoms with Gasteiger partial charge in [-0.15, -0.1) is 0 Å². The number of hydrogen-bond acceptors (Lipinski definition) is 4. The maximum atomic E-state index is 13.4. The van der Waals surface area contributed by atoms with E-state index in [0.29, 0.717) is 27.7 Å². The first-order valence-corrected chi connectivity index (χ1v) is 8.43. The van der Waals surface area contributed by atoms with Crippen LogP contribution in [-0.4, -0.2) is 4.98 Å². The Labute approximate surface area is 158 Å². The first-order valence-electron chi connectivity index (χ1n) is 7.68. The van der Waals surface area contributed by atoms with Crippen molar-refractivity contribution in [2.24, 2.45) is 0 Å². The van der Waals surface area contributed by atoms with Crippen LogP contribution >= 0.6 is 23.2 Å². The fraction of sp³-hybridized carbons (Fsp3) is 0. The second kappa shape index (κ2) is 6.52. The molecule has 0 unspecified atom stereocenters. The molecule has 0 radical (unpaired) electrons. The minimum absolute atomic E-state index is 0.0184. The Hall–Kier alpha value is -2.76. The topological polar surface area (TPSA) is 64.1 Å². The van der Waals surface area contributed by atoms with Crippen molar-refractivity contribution in [3.63, 3.8) is 0 Å². The summed E-state index contributed by atoms with van der Waals surface area (Å²) in [4.78, 5) is 4.40. The molecule has 3 N–H and O–H groups in total. The van der Waals surface area contributed by atoms with Gasteiger partial charge in [0.25, 0.3) is 0 Å². The molecule has 0 atom stereocenters. The molecule has 0 aliphatic heterocycles. The summed E-state index contributed by atoms with van der Waals surface area (Å²) in [6, 6.07) is 13.4. The first-order chi connectivity index (χ1) is 12.5. The van der Waals surface area contributed by atoms with Crippen molar-refractivity contribution in [3.05, 3.63) is 70.6 Å². The van der Waals surface area contributed by atoms with E-state index in [2.05, 4.69) is 10.3 Å². The summed E-state index contributed by atoms with van der Waals surface area (Å²) in [6.07, 6.45) is 1.67. The van der Waals surface area contributed by atoms with Gasteiger partial charge in [-0.1, -0.05) is 35.3 Å². The van der Waals surface area contributed by atoms with E-state index in [4.69, 9.17) is 33.4 Å². The number of fused-ring (bicyclic) bond motifs is 1. The summed E-state index contributed by atoms with van der Waals surface area (Å²) >= 11 is 11.8. The molecule has 4 aromatic rings. The molecule has 7 heteroatoms. The summed E-state index contributed by atoms with van der Waals surface area (Å²) < 4.78 is 19.1. The van der Waals surface area contributed by atoms with E-state index < -0.39 is 5.82 Å². The second-order valence-electron chi connectivity index (χ2n) is 5.64. The Morgan fingerprint density at radius 2 is 1.81 bits per heavy atom. The molecule has 0 spiro atoms. The fourth-order valence-corrected chi connectivity index (χ4v) is 3.01. The summed E-state index contributed by atoms with van der Waals surface area (Å²) in [5.41, 5.74) is 9.26. The molecular formula is C19H12Cl2FN3O. The van der Waals surface area contributed by atoms with Crippen LogP contribution in [0.4, 0.5) is 21.6 Å². The molecule has 0 bridgehead atoms. The lowest BCUT2D eigenvalue weighted by atomic mass is 10.1. The molecule has 2 aromatic carbocycles. The number of nitrogens with two attached hydrogens (primary N) is 1. The number of pyridine rings is 1. The molecule has 0 amide bonds. The van der Waals surface area contributed by atoms with Crippen LogP contribution in [0.1, 0.15) is 0 Å². The Bertz CT molecular complexity index is 1110. The van der Waals surface area contributed by atoms with E-state index in [1.54, 1.807) is 30.5 Å². The number of benzene rings is 2. The average molecular weight is 388 g/mol. The molecule has 130 valence electrons. The molecule has 4 rings (SSSR count). The number of anilines is 3. The number of nitrogens with zero attached hydrogens (tertiary/aromatic N) is 1. The molecule has 0 saturated heterocycles. The van der Waals surface area contributed by atoms with Gasteiger partial charge in [-0.05, 0) is 36.4 Å². The predicted octanol–water partition coefficient (Wildman–Crippen LogP) is 6.27. The monoisotopic (exact) mass is 387 g/mol. The van der Waals surface area contributed by atoms with Crippen LogP contribution in [0.5, 0.6) is 0 Å². The number of furan rings is 1. The van der Waals surface area contributed by atoms with Gasteiger partial charge in [0.15, 0.2) is 5.58 Å². The van der Waals surface area contributed by atoms with Crippen LogP contribution in [0, 0.1) is 5.82 Å². The molecule has 0 aliphatic rings. The molecule has 2 aromatic heterocycles. The van der Waals surface area contributed by atoms with Crippen LogP contribution in [0.2, 0.25) is 10.0 Å². The fourth-order valence-electron chi connectivity index (χ4n) is 2.70. The van der Waals surface area contributed by atoms with Gasteiger partial charge in [-0.2, -0.15) is 0 Å². The zero-order valence-electron chi connectivity index (χ0n) is 13.3. The molecule has 4 nitrogen and oxygen atoms in total. The quantitative estimate of drug-likeness (QED) is 0.434. The lowest BCUT2D eigenvalue weighted by Gasteiger charge is -2.06. The third-order valence-electron chi connectivity index (χ3n) is 3.94. The van der Waals surface area contributed by atoms with Gasteiger partial charge >= 0.3 is 0 Å². The highest BCUT2D eigenvalue weighted by Crippen LogP contribution is 2.39. The highest BCUT2D eigenvalue weighted by Gasteiger charge is 2.17. The minimum Gasteiger partial charge on any atom is -0.436 e. The van der Waals surface area contributed by atoms with E-state index >= 15 is 0 Å². The molecule has 0 saturated carbocycles. The van der Waals surface area contributed by atoms with E-state index in [0.717, 1.165) is 10.9 Å². The van der Waals surface area contributed by atoms with Crippen LogP contribution in [-0.2, 0) is 0 Å². The van der Waals surface area contributed by atoms with Gasteiger partial charge in [-0.25, -0.2) is 4.39 Å². The highest BCUT2D eigenvalue weighted by molar-refractivity contribution is 6.31. The standard InChI is InChI=1S/C19H12Cl2FN3O/c20-11-3-1-10(2-4-11)16-18-13(7-8-24-16)17(19(23)26-18)25-12-5-6-15(22)14(21)9-12/h1-9,25H,23H2. The number of nitrogens with one attached hydrogen (secondary N) is 1. The zero-order valence-corrected chi connectivity index (χ0v) is 14.8. The third-order valence-corrected chi connectivity index (χ3v) is 4.48. The van der Waals surface area contributed by atoms with Crippen molar-refractivity contribution in [1.82, 2.24) is 4.98 Å². The molecule has 2 heterocycles. The first kappa shape index (κ1) is 16.7. The summed E-state index contributed by atoms with van der Waals surface area (Å²) in [6.45, 7) is 0. The van der Waals surface area contributed by atoms with Crippen LogP contribution < -0.4 is 11.1 Å². The van der Waals surface area contributed by atoms with Crippen LogP contribution in [0.3, 0.4) is 0 Å². The Morgan fingerprint density at radius 1 is 1.04 bits per heavy atom. The largest absolute Gasteiger partial charge is 0.436 e. The van der Waals surface area contributed by atoms with Crippen molar-refractivity contribution in [2.75, 3.05) is 11.1 Å². The lowest BCUT2D eigenvalue weighted by Crippen LogP contribution is -1.94. The lowest BCUT2D eigenvalue weighted by molar-refractivity contribution is 0.628. The summed E-state index contributed by atoms with van der Waals surface area (Å²) in [5, 5.41) is 4.54. The number of nitrogen functional groups attached to an aromatic ring is 1. The van der Waals surface area contributed by atoms with Crippen molar-refractivity contribution >= 4 is 51.4 Å². The Balaban J connectivity index is 1.81. The van der Waals surface area contributed by atoms with Gasteiger partial charge in [0.05, 0.1) is 10.4 Å². The van der Waals surface area contributed by atoms with Crippen molar-refractivity contribution in [2.45, 2.75) is 0 Å². The van der Waals surface area contributed by atoms with Crippen LogP contribution in [0.15, 0.2) is 59.1 Å². The molecular weight excluding hydrogens is 376 g/mol. The summed E-state index contributed by atoms with van der Waals surface area (Å²) in [5.74, 6) is -0.292. The average Bonchev–Trinajstić information content (AvgIpc) is 2.95. The Morgan fingerprint density at radius 3 is 2.54 bits per heavy atom. The number of rotatable bonds is 3. The van der Waals surface area contributed by atoms with E-state index in [9.17, 15) is 4.39 Å². The number of aromatic nitrogens is 1. The van der Waals surface area contributed by atoms with Gasteiger partial charge in [0.1, 0.15) is 17.2 Å². The molecule has 0 aliphatic carbocycles. The van der Waals surface area contributed by atoms with Gasteiger partial charge < -0.3 is 15.5 Å². The van der Waals surface area contributed by atoms with E-state index in [1.165, 1.54) is 12.1 Å². The Kier molecular flexibility index (Phi) is 4.18. The minimum atomic E-state index is -0.489. The number of hydrogen-bond donors (Lipinski definition) is 2. The van der Waals surface area contributed by atoms with Crippen molar-refractivity contribution in [1.29, 1.82) is 0 Å². The van der Waals surface area contributed by atoms with Crippen molar-refractivity contribution in [3.8, 4) is 11.3 Å². The molecule has 26 heavy (non-hydrogen) atoms. The highest BCUT2D eigenvalue weighted by atomic mass is 35.5. The van der Waals surface area contributed by atoms with E-state index in [1.807, 2.05) is 12.1 Å². The molecule has 0 fully saturated rings. The smallest absolute Gasteiger partial charge is 0.215 e. The maximum absolute atomic E-state index is 13.4. The van der Waals surface area contributed by atoms with Crippen molar-refractivity contribution < 1.29 is 8.81 Å². The second-order valence-corrected chi connectivity index (χ2v) is 6.48. The predicted molar refractivity (Wildman–Crippen MR) is 104 cm³/mol.